The molecule has 0 aromatic heterocycles. The minimum Gasteiger partial charge on any atom is -0.497 e. The molecule has 19 heavy (non-hydrogen) atoms. The largest absolute Gasteiger partial charge is 0.497 e. The van der Waals surface area contributed by atoms with E-state index in [1.165, 1.54) is 0 Å². The van der Waals surface area contributed by atoms with E-state index in [9.17, 15) is 4.57 Å². The number of benzene rings is 1. The molecule has 0 N–H and O–H groups in total. The Morgan fingerprint density at radius 3 is 2.21 bits per heavy atom. The number of methoxy groups -OCH3 is 1. The minimum absolute atomic E-state index is 0.454. The van der Waals surface area contributed by atoms with Crippen molar-refractivity contribution in [2.45, 2.75) is 33.1 Å². The van der Waals surface area contributed by atoms with Gasteiger partial charge in [0.25, 0.3) is 0 Å². The predicted molar refractivity (Wildman–Crippen MR) is 77.2 cm³/mol. The Hall–Kier alpha value is -0.990. The van der Waals surface area contributed by atoms with E-state index < -0.39 is 7.60 Å². The van der Waals surface area contributed by atoms with E-state index in [0.717, 1.165) is 25.0 Å². The van der Waals surface area contributed by atoms with Crippen LogP contribution >= 0.6 is 7.60 Å². The van der Waals surface area contributed by atoms with Gasteiger partial charge in [0.1, 0.15) is 11.5 Å². The second-order valence-corrected chi connectivity index (χ2v) is 6.40. The van der Waals surface area contributed by atoms with E-state index in [1.54, 1.807) is 31.4 Å². The molecule has 0 spiro atoms. The molecule has 1 atom stereocenters. The van der Waals surface area contributed by atoms with Crippen LogP contribution in [0.3, 0.4) is 0 Å². The van der Waals surface area contributed by atoms with Crippen molar-refractivity contribution in [1.82, 2.24) is 0 Å². The zero-order valence-corrected chi connectivity index (χ0v) is 12.8. The van der Waals surface area contributed by atoms with Crippen LogP contribution in [-0.2, 0) is 9.09 Å². The van der Waals surface area contributed by atoms with E-state index in [4.69, 9.17) is 13.8 Å². The Kier molecular flexibility index (Phi) is 6.96. The third-order valence-corrected chi connectivity index (χ3v) is 4.51. The van der Waals surface area contributed by atoms with Gasteiger partial charge in [0.2, 0.25) is 0 Å². The Bertz CT molecular complexity index is 390. The first-order valence-corrected chi connectivity index (χ1v) is 8.43. The quantitative estimate of drug-likeness (QED) is 0.627. The molecule has 4 nitrogen and oxygen atoms in total. The highest BCUT2D eigenvalue weighted by molar-refractivity contribution is 7.54. The summed E-state index contributed by atoms with van der Waals surface area (Å²) in [7, 11) is -1.44. The molecular formula is C14H23O4P. The van der Waals surface area contributed by atoms with Crippen molar-refractivity contribution in [3.63, 3.8) is 0 Å². The number of hydrogen-bond acceptors (Lipinski definition) is 4. The summed E-state index contributed by atoms with van der Waals surface area (Å²) in [6, 6.07) is 7.04. The molecule has 0 radical (unpaired) electrons. The fraction of sp³-hybridized carbons (Fsp3) is 0.571. The summed E-state index contributed by atoms with van der Waals surface area (Å²) in [5.41, 5.74) is 0. The molecule has 1 aromatic rings. The van der Waals surface area contributed by atoms with Gasteiger partial charge in [-0.2, -0.15) is 0 Å². The Labute approximate surface area is 115 Å². The van der Waals surface area contributed by atoms with Gasteiger partial charge in [-0.1, -0.05) is 20.3 Å². The van der Waals surface area contributed by atoms with Crippen LogP contribution in [0, 0.1) is 0 Å². The van der Waals surface area contributed by atoms with Gasteiger partial charge in [-0.05, 0) is 37.1 Å². The number of unbranched alkanes of at least 4 members (excludes halogenated alkanes) is 1. The Morgan fingerprint density at radius 2 is 1.68 bits per heavy atom. The topological polar surface area (TPSA) is 44.8 Å². The average molecular weight is 286 g/mol. The molecule has 0 aliphatic carbocycles. The fourth-order valence-electron chi connectivity index (χ4n) is 1.52. The van der Waals surface area contributed by atoms with E-state index >= 15 is 0 Å². The molecule has 1 aromatic carbocycles. The van der Waals surface area contributed by atoms with Gasteiger partial charge in [0, 0.05) is 0 Å². The minimum atomic E-state index is -3.04. The maximum Gasteiger partial charge on any atom is 0.379 e. The van der Waals surface area contributed by atoms with Gasteiger partial charge >= 0.3 is 7.60 Å². The summed E-state index contributed by atoms with van der Waals surface area (Å²) in [6.45, 7) is 4.49. The van der Waals surface area contributed by atoms with Gasteiger partial charge in [-0.15, -0.1) is 0 Å². The smallest absolute Gasteiger partial charge is 0.379 e. The van der Waals surface area contributed by atoms with Crippen molar-refractivity contribution >= 4 is 7.60 Å². The van der Waals surface area contributed by atoms with Crippen LogP contribution < -0.4 is 9.26 Å². The van der Waals surface area contributed by atoms with Crippen molar-refractivity contribution in [3.05, 3.63) is 24.3 Å². The predicted octanol–water partition coefficient (Wildman–Crippen LogP) is 4.49. The lowest BCUT2D eigenvalue weighted by atomic mass is 10.3. The van der Waals surface area contributed by atoms with Crippen molar-refractivity contribution in [2.75, 3.05) is 19.9 Å². The summed E-state index contributed by atoms with van der Waals surface area (Å²) in [5, 5.41) is 0. The average Bonchev–Trinajstić information content (AvgIpc) is 2.44. The molecule has 0 saturated carbocycles. The Morgan fingerprint density at radius 1 is 1.05 bits per heavy atom. The summed E-state index contributed by atoms with van der Waals surface area (Å²) in [5.74, 6) is 1.29. The lowest BCUT2D eigenvalue weighted by Gasteiger charge is -2.19. The normalized spacial score (nSPS) is 13.8. The summed E-state index contributed by atoms with van der Waals surface area (Å²) < 4.78 is 28.7. The van der Waals surface area contributed by atoms with Crippen LogP contribution in [0.15, 0.2) is 24.3 Å². The molecule has 1 unspecified atom stereocenters. The first-order chi connectivity index (χ1) is 9.13. The SMILES string of the molecule is CCCCP(=O)(OCCC)Oc1ccc(OC)cc1. The number of hydrogen-bond donors (Lipinski definition) is 0. The van der Waals surface area contributed by atoms with Crippen LogP contribution in [-0.4, -0.2) is 19.9 Å². The van der Waals surface area contributed by atoms with E-state index in [0.29, 0.717) is 18.5 Å². The number of ether oxygens (including phenoxy) is 1. The highest BCUT2D eigenvalue weighted by atomic mass is 31.2. The summed E-state index contributed by atoms with van der Waals surface area (Å²) in [4.78, 5) is 0. The molecule has 5 heteroatoms. The standard InChI is InChI=1S/C14H23O4P/c1-4-6-12-19(15,17-11-5-2)18-14-9-7-13(16-3)8-10-14/h7-10H,4-6,11-12H2,1-3H3. The van der Waals surface area contributed by atoms with Gasteiger partial charge in [-0.3, -0.25) is 4.52 Å². The van der Waals surface area contributed by atoms with Gasteiger partial charge < -0.3 is 9.26 Å². The third-order valence-electron chi connectivity index (χ3n) is 2.58. The molecule has 0 saturated heterocycles. The summed E-state index contributed by atoms with van der Waals surface area (Å²) >= 11 is 0. The summed E-state index contributed by atoms with van der Waals surface area (Å²) in [6.07, 6.45) is 3.07. The van der Waals surface area contributed by atoms with Crippen LogP contribution in [0.5, 0.6) is 11.5 Å². The zero-order chi connectivity index (χ0) is 14.1. The first-order valence-electron chi connectivity index (χ1n) is 6.70. The maximum absolute atomic E-state index is 12.6. The molecule has 108 valence electrons. The van der Waals surface area contributed by atoms with Crippen LogP contribution in [0.4, 0.5) is 0 Å². The zero-order valence-electron chi connectivity index (χ0n) is 11.9. The highest BCUT2D eigenvalue weighted by Gasteiger charge is 2.25. The van der Waals surface area contributed by atoms with E-state index in [1.807, 2.05) is 6.92 Å². The molecule has 0 aliphatic heterocycles. The molecule has 0 fully saturated rings. The van der Waals surface area contributed by atoms with Gasteiger partial charge in [0.05, 0.1) is 19.9 Å². The van der Waals surface area contributed by atoms with Crippen molar-refractivity contribution < 1.29 is 18.3 Å². The van der Waals surface area contributed by atoms with Gasteiger partial charge in [0.15, 0.2) is 0 Å². The second kappa shape index (κ2) is 8.23. The maximum atomic E-state index is 12.6. The highest BCUT2D eigenvalue weighted by Crippen LogP contribution is 2.49. The van der Waals surface area contributed by atoms with Crippen molar-refractivity contribution in [1.29, 1.82) is 0 Å². The molecule has 0 amide bonds. The third kappa shape index (κ3) is 5.66. The van der Waals surface area contributed by atoms with Crippen LogP contribution in [0.2, 0.25) is 0 Å². The molecule has 0 bridgehead atoms. The molecule has 0 aliphatic rings. The van der Waals surface area contributed by atoms with E-state index in [2.05, 4.69) is 6.92 Å². The van der Waals surface area contributed by atoms with Gasteiger partial charge in [-0.25, -0.2) is 4.57 Å². The molecular weight excluding hydrogens is 263 g/mol. The first kappa shape index (κ1) is 16.1. The van der Waals surface area contributed by atoms with Crippen molar-refractivity contribution in [2.24, 2.45) is 0 Å². The van der Waals surface area contributed by atoms with E-state index in [-0.39, 0.29) is 0 Å². The monoisotopic (exact) mass is 286 g/mol. The van der Waals surface area contributed by atoms with Crippen LogP contribution in [0.1, 0.15) is 33.1 Å². The molecule has 0 heterocycles. The lowest BCUT2D eigenvalue weighted by Crippen LogP contribution is -2.03. The van der Waals surface area contributed by atoms with Crippen LogP contribution in [0.25, 0.3) is 0 Å². The number of rotatable bonds is 9. The van der Waals surface area contributed by atoms with Crippen molar-refractivity contribution in [3.8, 4) is 11.5 Å². The fourth-order valence-corrected chi connectivity index (χ4v) is 3.40. The second-order valence-electron chi connectivity index (χ2n) is 4.29. The molecule has 1 rings (SSSR count). The Balaban J connectivity index is 2.71. The lowest BCUT2D eigenvalue weighted by molar-refractivity contribution is 0.264.